The van der Waals surface area contributed by atoms with Gasteiger partial charge in [-0.3, -0.25) is 4.90 Å². The number of ether oxygens (including phenoxy) is 3. The Kier molecular flexibility index (Phi) is 11.5. The van der Waals surface area contributed by atoms with Crippen molar-refractivity contribution in [2.24, 2.45) is 0 Å². The van der Waals surface area contributed by atoms with Gasteiger partial charge >= 0.3 is 5.97 Å². The molecule has 1 saturated heterocycles. The van der Waals surface area contributed by atoms with Crippen LogP contribution in [0.15, 0.2) is 42.5 Å². The maximum absolute atomic E-state index is 11.8. The average molecular weight is 530 g/mol. The fourth-order valence-corrected chi connectivity index (χ4v) is 5.20. The summed E-state index contributed by atoms with van der Waals surface area (Å²) in [5, 5.41) is 11.7. The maximum Gasteiger partial charge on any atom is 0.330 e. The Morgan fingerprint density at radius 2 is 2.08 bits per heavy atom. The Labute approximate surface area is 226 Å². The van der Waals surface area contributed by atoms with E-state index in [0.29, 0.717) is 24.9 Å². The molecule has 1 N–H and O–H groups in total. The van der Waals surface area contributed by atoms with Gasteiger partial charge in [0.1, 0.15) is 5.75 Å². The number of rotatable bonds is 13. The number of esters is 1. The van der Waals surface area contributed by atoms with Crippen molar-refractivity contribution in [3.63, 3.8) is 0 Å². The molecule has 202 valence electrons. The molecular formula is C30H40ClNO5. The van der Waals surface area contributed by atoms with E-state index >= 15 is 0 Å². The molecule has 0 aromatic heterocycles. The Hall–Kier alpha value is -2.38. The van der Waals surface area contributed by atoms with Crippen molar-refractivity contribution >= 4 is 23.6 Å². The van der Waals surface area contributed by atoms with E-state index in [1.54, 1.807) is 20.1 Å². The van der Waals surface area contributed by atoms with Crippen LogP contribution in [0.4, 0.5) is 0 Å². The minimum atomic E-state index is -0.608. The van der Waals surface area contributed by atoms with Gasteiger partial charge in [0.15, 0.2) is 0 Å². The zero-order valence-corrected chi connectivity index (χ0v) is 23.2. The van der Waals surface area contributed by atoms with Gasteiger partial charge in [0.05, 0.1) is 32.5 Å². The molecule has 3 rings (SSSR count). The summed E-state index contributed by atoms with van der Waals surface area (Å²) in [6, 6.07) is 12.4. The molecule has 0 radical (unpaired) electrons. The van der Waals surface area contributed by atoms with Gasteiger partial charge < -0.3 is 19.3 Å². The fourth-order valence-electron chi connectivity index (χ4n) is 4.95. The van der Waals surface area contributed by atoms with E-state index in [2.05, 4.69) is 24.0 Å². The van der Waals surface area contributed by atoms with Gasteiger partial charge in [-0.15, -0.1) is 0 Å². The van der Waals surface area contributed by atoms with Crippen LogP contribution in [-0.4, -0.2) is 61.5 Å². The standard InChI is InChI=1S/C30H40ClNO5/c1-5-23-17-22(12-14-28(23)31)18-24-9-8-16-32(24)19-25(33)20-37-21(3)26-10-7-11-29(35-4)27(26)13-15-30(34)36-6-2/h7,10-15,17,21,24-25,33H,5-6,8-9,16,18-20H2,1-4H3/t21-,24+,25-/m1/s1. The van der Waals surface area contributed by atoms with Crippen LogP contribution in [0.1, 0.15) is 62.0 Å². The zero-order chi connectivity index (χ0) is 26.8. The first kappa shape index (κ1) is 29.2. The van der Waals surface area contributed by atoms with E-state index in [9.17, 15) is 9.90 Å². The van der Waals surface area contributed by atoms with Gasteiger partial charge in [-0.25, -0.2) is 4.79 Å². The van der Waals surface area contributed by atoms with Gasteiger partial charge in [0.25, 0.3) is 0 Å². The number of aliphatic hydroxyl groups excluding tert-OH is 1. The molecule has 3 atom stereocenters. The summed E-state index contributed by atoms with van der Waals surface area (Å²) in [4.78, 5) is 14.2. The second-order valence-corrected chi connectivity index (χ2v) is 9.86. The van der Waals surface area contributed by atoms with Crippen molar-refractivity contribution in [1.29, 1.82) is 0 Å². The molecule has 0 saturated carbocycles. The van der Waals surface area contributed by atoms with Crippen LogP contribution in [0, 0.1) is 0 Å². The Morgan fingerprint density at radius 3 is 2.81 bits per heavy atom. The number of methoxy groups -OCH3 is 1. The monoisotopic (exact) mass is 529 g/mol. The van der Waals surface area contributed by atoms with Crippen LogP contribution in [0.5, 0.6) is 5.75 Å². The van der Waals surface area contributed by atoms with Crippen LogP contribution < -0.4 is 4.74 Å². The lowest BCUT2D eigenvalue weighted by atomic mass is 10.0. The Morgan fingerprint density at radius 1 is 1.27 bits per heavy atom. The molecule has 2 aromatic rings. The summed E-state index contributed by atoms with van der Waals surface area (Å²) < 4.78 is 16.6. The maximum atomic E-state index is 11.8. The zero-order valence-electron chi connectivity index (χ0n) is 22.4. The third-order valence-electron chi connectivity index (χ3n) is 6.88. The van der Waals surface area contributed by atoms with E-state index in [-0.39, 0.29) is 12.7 Å². The highest BCUT2D eigenvalue weighted by atomic mass is 35.5. The van der Waals surface area contributed by atoms with Crippen molar-refractivity contribution in [3.05, 3.63) is 69.8 Å². The van der Waals surface area contributed by atoms with Crippen LogP contribution in [0.25, 0.3) is 6.08 Å². The van der Waals surface area contributed by atoms with Gasteiger partial charge in [-0.1, -0.05) is 42.8 Å². The van der Waals surface area contributed by atoms with E-state index in [1.807, 2.05) is 31.2 Å². The van der Waals surface area contributed by atoms with Crippen molar-refractivity contribution in [2.45, 2.75) is 64.7 Å². The largest absolute Gasteiger partial charge is 0.496 e. The number of aryl methyl sites for hydroxylation is 1. The first-order valence-corrected chi connectivity index (χ1v) is 13.6. The molecule has 0 aliphatic carbocycles. The van der Waals surface area contributed by atoms with Gasteiger partial charge in [0, 0.05) is 29.2 Å². The molecule has 1 aliphatic rings. The van der Waals surface area contributed by atoms with Gasteiger partial charge in [0.2, 0.25) is 0 Å². The second kappa shape index (κ2) is 14.5. The number of hydrogen-bond acceptors (Lipinski definition) is 6. The number of hydrogen-bond donors (Lipinski definition) is 1. The minimum Gasteiger partial charge on any atom is -0.496 e. The molecule has 0 unspecified atom stereocenters. The third-order valence-corrected chi connectivity index (χ3v) is 7.24. The summed E-state index contributed by atoms with van der Waals surface area (Å²) in [6.45, 7) is 7.90. The molecule has 1 heterocycles. The van der Waals surface area contributed by atoms with Crippen molar-refractivity contribution in [1.82, 2.24) is 4.90 Å². The lowest BCUT2D eigenvalue weighted by molar-refractivity contribution is -0.137. The molecule has 6 nitrogen and oxygen atoms in total. The van der Waals surface area contributed by atoms with Crippen molar-refractivity contribution < 1.29 is 24.1 Å². The fraction of sp³-hybridized carbons (Fsp3) is 0.500. The highest BCUT2D eigenvalue weighted by molar-refractivity contribution is 6.31. The first-order valence-electron chi connectivity index (χ1n) is 13.2. The number of aliphatic hydroxyl groups is 1. The molecule has 37 heavy (non-hydrogen) atoms. The lowest BCUT2D eigenvalue weighted by Crippen LogP contribution is -2.39. The third kappa shape index (κ3) is 8.30. The number of carbonyl (C=O) groups is 1. The predicted octanol–water partition coefficient (Wildman–Crippen LogP) is 5.63. The normalized spacial score (nSPS) is 17.7. The summed E-state index contributed by atoms with van der Waals surface area (Å²) in [7, 11) is 1.59. The quantitative estimate of drug-likeness (QED) is 0.268. The van der Waals surface area contributed by atoms with Crippen LogP contribution in [0.2, 0.25) is 5.02 Å². The van der Waals surface area contributed by atoms with E-state index in [0.717, 1.165) is 48.4 Å². The Bertz CT molecular complexity index is 1060. The van der Waals surface area contributed by atoms with Gasteiger partial charge in [-0.05, 0) is 81.0 Å². The molecule has 0 bridgehead atoms. The molecule has 2 aromatic carbocycles. The number of halogens is 1. The Balaban J connectivity index is 1.59. The number of nitrogens with zero attached hydrogens (tertiary/aromatic N) is 1. The lowest BCUT2D eigenvalue weighted by Gasteiger charge is -2.28. The molecular weight excluding hydrogens is 490 g/mol. The minimum absolute atomic E-state index is 0.212. The number of likely N-dealkylation sites (tertiary alicyclic amines) is 1. The number of benzene rings is 2. The SMILES string of the molecule is CCOC(=O)C=Cc1c(OC)cccc1[C@@H](C)OC[C@H](O)CN1CCC[C@H]1Cc1ccc(Cl)c(CC)c1. The highest BCUT2D eigenvalue weighted by Gasteiger charge is 2.27. The van der Waals surface area contributed by atoms with Crippen molar-refractivity contribution in [3.8, 4) is 5.75 Å². The molecule has 1 aliphatic heterocycles. The first-order chi connectivity index (χ1) is 17.9. The molecule has 0 amide bonds. The van der Waals surface area contributed by atoms with Crippen LogP contribution in [-0.2, 0) is 27.1 Å². The molecule has 1 fully saturated rings. The summed E-state index contributed by atoms with van der Waals surface area (Å²) in [5.41, 5.74) is 4.11. The van der Waals surface area contributed by atoms with Crippen LogP contribution >= 0.6 is 11.6 Å². The smallest absolute Gasteiger partial charge is 0.330 e. The van der Waals surface area contributed by atoms with Gasteiger partial charge in [-0.2, -0.15) is 0 Å². The predicted molar refractivity (Wildman–Crippen MR) is 148 cm³/mol. The topological polar surface area (TPSA) is 68.2 Å². The summed E-state index contributed by atoms with van der Waals surface area (Å²) in [5.74, 6) is 0.232. The highest BCUT2D eigenvalue weighted by Crippen LogP contribution is 2.30. The van der Waals surface area contributed by atoms with E-state index < -0.39 is 12.1 Å². The average Bonchev–Trinajstić information content (AvgIpc) is 3.33. The van der Waals surface area contributed by atoms with Crippen molar-refractivity contribution in [2.75, 3.05) is 33.4 Å². The molecule has 0 spiro atoms. The van der Waals surface area contributed by atoms with E-state index in [4.69, 9.17) is 25.8 Å². The van der Waals surface area contributed by atoms with E-state index in [1.165, 1.54) is 17.2 Å². The summed E-state index contributed by atoms with van der Waals surface area (Å²) in [6.07, 6.45) is 6.29. The van der Waals surface area contributed by atoms with Crippen LogP contribution in [0.3, 0.4) is 0 Å². The number of β-amino-alcohol motifs (C(OH)–C–C–N with tert-alkyl or cyclic N) is 1. The number of carbonyl (C=O) groups excluding carboxylic acids is 1. The summed E-state index contributed by atoms with van der Waals surface area (Å²) >= 11 is 6.30. The molecule has 7 heteroatoms. The second-order valence-electron chi connectivity index (χ2n) is 9.45.